The largest absolute Gasteiger partial charge is 0.497 e. The number of pyridine rings is 1. The normalized spacial score (nSPS) is 11.3. The number of aromatic nitrogens is 3. The molecule has 0 fully saturated rings. The predicted octanol–water partition coefficient (Wildman–Crippen LogP) is 6.05. The molecule has 0 unspecified atom stereocenters. The van der Waals surface area contributed by atoms with E-state index < -0.39 is 11.7 Å². The number of ether oxygens (including phenoxy) is 3. The van der Waals surface area contributed by atoms with Crippen molar-refractivity contribution in [2.24, 2.45) is 0 Å². The number of hydrogen-bond acceptors (Lipinski definition) is 7. The molecule has 0 aliphatic rings. The molecule has 0 aliphatic heterocycles. The summed E-state index contributed by atoms with van der Waals surface area (Å²) in [7, 11) is 1.53. The topological polar surface area (TPSA) is 127 Å². The molecule has 4 aromatic rings. The van der Waals surface area contributed by atoms with Crippen LogP contribution >= 0.6 is 0 Å². The maximum Gasteiger partial charge on any atom is 0.407 e. The van der Waals surface area contributed by atoms with Gasteiger partial charge in [0.2, 0.25) is 0 Å². The fraction of sp³-hybridized carbons (Fsp3) is 0.355. The molecule has 41 heavy (non-hydrogen) atoms. The molecule has 2 aromatic heterocycles. The number of nitrogens with zero attached hydrogens (tertiary/aromatic N) is 2. The maximum atomic E-state index is 13.2. The molecule has 0 saturated carbocycles. The molecule has 10 nitrogen and oxygen atoms in total. The van der Waals surface area contributed by atoms with Crippen molar-refractivity contribution >= 4 is 28.7 Å². The number of aryl methyl sites for hydroxylation is 2. The third kappa shape index (κ3) is 7.75. The van der Waals surface area contributed by atoms with Crippen LogP contribution in [0.15, 0.2) is 48.5 Å². The Balaban J connectivity index is 1.42. The van der Waals surface area contributed by atoms with Crippen LogP contribution in [0.2, 0.25) is 0 Å². The second kappa shape index (κ2) is 12.7. The van der Waals surface area contributed by atoms with Crippen molar-refractivity contribution in [2.75, 3.05) is 25.6 Å². The average molecular weight is 560 g/mol. The molecule has 0 bridgehead atoms. The van der Waals surface area contributed by atoms with Crippen molar-refractivity contribution in [3.63, 3.8) is 0 Å². The van der Waals surface area contributed by atoms with Gasteiger partial charge in [-0.3, -0.25) is 9.89 Å². The van der Waals surface area contributed by atoms with E-state index in [1.165, 1.54) is 7.11 Å². The summed E-state index contributed by atoms with van der Waals surface area (Å²) in [5.41, 5.74) is 4.91. The van der Waals surface area contributed by atoms with Crippen LogP contribution in [0.1, 0.15) is 55.7 Å². The molecule has 0 saturated heterocycles. The van der Waals surface area contributed by atoms with Gasteiger partial charge in [0.15, 0.2) is 5.65 Å². The number of aromatic amines is 1. The Morgan fingerprint density at radius 3 is 2.54 bits per heavy atom. The number of rotatable bonds is 10. The Hall–Kier alpha value is -4.60. The summed E-state index contributed by atoms with van der Waals surface area (Å²) in [6.07, 6.45) is 0.909. The molecular weight excluding hydrogens is 522 g/mol. The molecular formula is C31H37N5O5. The molecule has 0 aliphatic carbocycles. The number of fused-ring (bicyclic) bond motifs is 1. The third-order valence-electron chi connectivity index (χ3n) is 6.25. The number of nitrogens with one attached hydrogen (secondary N) is 3. The molecule has 0 radical (unpaired) electrons. The highest BCUT2D eigenvalue weighted by Gasteiger charge is 2.16. The molecule has 4 rings (SSSR count). The Labute approximate surface area is 239 Å². The van der Waals surface area contributed by atoms with E-state index in [9.17, 15) is 9.59 Å². The van der Waals surface area contributed by atoms with Crippen LogP contribution in [-0.4, -0.2) is 53.0 Å². The molecule has 0 spiro atoms. The summed E-state index contributed by atoms with van der Waals surface area (Å²) < 4.78 is 16.5. The number of hydrogen-bond donors (Lipinski definition) is 3. The number of H-pyrrole nitrogens is 1. The summed E-state index contributed by atoms with van der Waals surface area (Å²) in [5.74, 6) is 0.673. The van der Waals surface area contributed by atoms with Gasteiger partial charge in [-0.05, 0) is 82.5 Å². The van der Waals surface area contributed by atoms with Crippen LogP contribution in [-0.2, 0) is 11.2 Å². The quantitative estimate of drug-likeness (QED) is 0.202. The number of anilines is 1. The third-order valence-corrected chi connectivity index (χ3v) is 6.25. The fourth-order valence-corrected chi connectivity index (χ4v) is 4.23. The van der Waals surface area contributed by atoms with E-state index in [1.54, 1.807) is 18.2 Å². The van der Waals surface area contributed by atoms with Crippen LogP contribution in [0.4, 0.5) is 10.5 Å². The Bertz CT molecular complexity index is 1540. The number of amides is 2. The van der Waals surface area contributed by atoms with Crippen LogP contribution in [0.25, 0.3) is 22.3 Å². The summed E-state index contributed by atoms with van der Waals surface area (Å²) in [6.45, 7) is 10.2. The van der Waals surface area contributed by atoms with Gasteiger partial charge in [0, 0.05) is 34.8 Å². The highest BCUT2D eigenvalue weighted by molar-refractivity contribution is 6.05. The van der Waals surface area contributed by atoms with Gasteiger partial charge in [0.25, 0.3) is 5.91 Å². The van der Waals surface area contributed by atoms with Gasteiger partial charge in [-0.1, -0.05) is 13.0 Å². The number of carbonyl (C=O) groups excluding carboxylic acids is 2. The SMILES string of the molecule is CCc1n[nH]c2nc(-c3cc(NC(=O)c4cc(OC)cc(OCCCNC(=O)OC(C)(C)C)c4)ccc3C)ccc12. The van der Waals surface area contributed by atoms with Gasteiger partial charge in [-0.2, -0.15) is 5.10 Å². The highest BCUT2D eigenvalue weighted by atomic mass is 16.6. The molecule has 2 amide bonds. The molecule has 2 aromatic carbocycles. The summed E-state index contributed by atoms with van der Waals surface area (Å²) >= 11 is 0. The number of carbonyl (C=O) groups is 2. The second-order valence-corrected chi connectivity index (χ2v) is 10.6. The molecule has 3 N–H and O–H groups in total. The number of alkyl carbamates (subject to hydrolysis) is 1. The first-order valence-electron chi connectivity index (χ1n) is 13.6. The average Bonchev–Trinajstić information content (AvgIpc) is 3.35. The lowest BCUT2D eigenvalue weighted by molar-refractivity contribution is 0.0525. The summed E-state index contributed by atoms with van der Waals surface area (Å²) in [4.78, 5) is 29.8. The lowest BCUT2D eigenvalue weighted by Gasteiger charge is -2.19. The van der Waals surface area contributed by atoms with Crippen LogP contribution in [0.5, 0.6) is 11.5 Å². The van der Waals surface area contributed by atoms with E-state index in [1.807, 2.05) is 58.0 Å². The van der Waals surface area contributed by atoms with Crippen molar-refractivity contribution in [1.82, 2.24) is 20.5 Å². The zero-order valence-electron chi connectivity index (χ0n) is 24.4. The van der Waals surface area contributed by atoms with E-state index in [2.05, 4.69) is 27.8 Å². The van der Waals surface area contributed by atoms with Crippen molar-refractivity contribution in [3.05, 3.63) is 65.4 Å². The Morgan fingerprint density at radius 1 is 1.02 bits per heavy atom. The van der Waals surface area contributed by atoms with Crippen LogP contribution in [0.3, 0.4) is 0 Å². The minimum absolute atomic E-state index is 0.306. The zero-order valence-corrected chi connectivity index (χ0v) is 24.4. The lowest BCUT2D eigenvalue weighted by Crippen LogP contribution is -2.33. The molecule has 0 atom stereocenters. The van der Waals surface area contributed by atoms with Gasteiger partial charge in [0.05, 0.1) is 25.1 Å². The standard InChI is InChI=1S/C31H37N5O5/c1-7-26-24-11-12-27(34-28(24)36-35-26)25-17-21(10-9-19(25)2)33-29(37)20-15-22(39-6)18-23(16-20)40-14-8-13-32-30(38)41-31(3,4)5/h9-12,15-18H,7-8,13-14H2,1-6H3,(H,32,38)(H,33,37)(H,34,35,36). The first-order chi connectivity index (χ1) is 19.6. The predicted molar refractivity (Wildman–Crippen MR) is 159 cm³/mol. The Kier molecular flexibility index (Phi) is 9.11. The molecule has 10 heteroatoms. The van der Waals surface area contributed by atoms with E-state index in [0.29, 0.717) is 42.3 Å². The van der Waals surface area contributed by atoms with E-state index in [4.69, 9.17) is 19.2 Å². The second-order valence-electron chi connectivity index (χ2n) is 10.6. The van der Waals surface area contributed by atoms with E-state index in [0.717, 1.165) is 40.0 Å². The van der Waals surface area contributed by atoms with Gasteiger partial charge >= 0.3 is 6.09 Å². The maximum absolute atomic E-state index is 13.2. The highest BCUT2D eigenvalue weighted by Crippen LogP contribution is 2.29. The van der Waals surface area contributed by atoms with Gasteiger partial charge in [-0.15, -0.1) is 0 Å². The number of methoxy groups -OCH3 is 1. The van der Waals surface area contributed by atoms with Crippen molar-refractivity contribution < 1.29 is 23.8 Å². The first kappa shape index (κ1) is 29.4. The summed E-state index contributed by atoms with van der Waals surface area (Å²) in [5, 5.41) is 14.0. The van der Waals surface area contributed by atoms with Crippen molar-refractivity contribution in [3.8, 4) is 22.8 Å². The van der Waals surface area contributed by atoms with Crippen LogP contribution < -0.4 is 20.1 Å². The first-order valence-corrected chi connectivity index (χ1v) is 13.6. The molecule has 216 valence electrons. The van der Waals surface area contributed by atoms with Gasteiger partial charge < -0.3 is 24.8 Å². The van der Waals surface area contributed by atoms with E-state index in [-0.39, 0.29) is 5.91 Å². The Morgan fingerprint density at radius 2 is 1.80 bits per heavy atom. The van der Waals surface area contributed by atoms with Crippen molar-refractivity contribution in [2.45, 2.75) is 53.1 Å². The summed E-state index contributed by atoms with van der Waals surface area (Å²) in [6, 6.07) is 14.7. The van der Waals surface area contributed by atoms with Gasteiger partial charge in [0.1, 0.15) is 17.1 Å². The molecule has 2 heterocycles. The minimum Gasteiger partial charge on any atom is -0.497 e. The number of benzene rings is 2. The van der Waals surface area contributed by atoms with Gasteiger partial charge in [-0.25, -0.2) is 9.78 Å². The lowest BCUT2D eigenvalue weighted by atomic mass is 10.0. The van der Waals surface area contributed by atoms with Crippen molar-refractivity contribution in [1.29, 1.82) is 0 Å². The fourth-order valence-electron chi connectivity index (χ4n) is 4.23. The monoisotopic (exact) mass is 559 g/mol. The minimum atomic E-state index is -0.553. The zero-order chi connectivity index (χ0) is 29.6. The smallest absolute Gasteiger partial charge is 0.407 e. The van der Waals surface area contributed by atoms with Crippen LogP contribution in [0, 0.1) is 6.92 Å². The van der Waals surface area contributed by atoms with E-state index >= 15 is 0 Å².